The van der Waals surface area contributed by atoms with Crippen molar-refractivity contribution >= 4 is 0 Å². The van der Waals surface area contributed by atoms with Crippen molar-refractivity contribution in [2.45, 2.75) is 90.3 Å². The molecule has 2 aliphatic rings. The topological polar surface area (TPSA) is 27.7 Å². The third-order valence-electron chi connectivity index (χ3n) is 5.86. The number of rotatable bonds is 8. The summed E-state index contributed by atoms with van der Waals surface area (Å²) in [5.41, 5.74) is 0.0895. The van der Waals surface area contributed by atoms with Crippen molar-refractivity contribution in [1.82, 2.24) is 0 Å². The Morgan fingerprint density at radius 2 is 1.00 bits per heavy atom. The summed E-state index contributed by atoms with van der Waals surface area (Å²) in [5, 5.41) is 0. The van der Waals surface area contributed by atoms with Crippen molar-refractivity contribution in [3.63, 3.8) is 0 Å². The molecule has 0 unspecified atom stereocenters. The van der Waals surface area contributed by atoms with Crippen LogP contribution in [0, 0.1) is 11.8 Å². The highest BCUT2D eigenvalue weighted by molar-refractivity contribution is 4.89. The number of hydrogen-bond acceptors (Lipinski definition) is 3. The molecule has 2 fully saturated rings. The van der Waals surface area contributed by atoms with Gasteiger partial charge >= 0.3 is 0 Å². The van der Waals surface area contributed by atoms with Gasteiger partial charge in [-0.25, -0.2) is 0 Å². The molecule has 0 atom stereocenters. The van der Waals surface area contributed by atoms with Crippen molar-refractivity contribution in [2.75, 3.05) is 13.6 Å². The van der Waals surface area contributed by atoms with Crippen molar-refractivity contribution in [3.8, 4) is 0 Å². The molecule has 0 amide bonds. The van der Waals surface area contributed by atoms with Gasteiger partial charge in [-0.1, -0.05) is 53.4 Å². The van der Waals surface area contributed by atoms with Gasteiger partial charge in [0.2, 0.25) is 0 Å². The van der Waals surface area contributed by atoms with Gasteiger partial charge in [0, 0.05) is 0 Å². The first kappa shape index (κ1) is 17.2. The van der Waals surface area contributed by atoms with Gasteiger partial charge in [0.25, 0.3) is 0 Å². The predicted molar refractivity (Wildman–Crippen MR) is 85.1 cm³/mol. The second-order valence-electron chi connectivity index (χ2n) is 7.58. The normalized spacial score (nSPS) is 24.3. The molecule has 2 rings (SSSR count). The van der Waals surface area contributed by atoms with Crippen LogP contribution >= 0.6 is 0 Å². The predicted octanol–water partition coefficient (Wildman–Crippen LogP) is 4.89. The summed E-state index contributed by atoms with van der Waals surface area (Å²) < 4.78 is 17.9. The Labute approximate surface area is 130 Å². The molecule has 0 aromatic heterocycles. The molecule has 2 aliphatic carbocycles. The monoisotopic (exact) mass is 298 g/mol. The molecule has 0 aromatic rings. The maximum atomic E-state index is 6.11. The highest BCUT2D eigenvalue weighted by Gasteiger charge is 2.39. The van der Waals surface area contributed by atoms with E-state index in [0.29, 0.717) is 25.4 Å². The standard InChI is InChI=1S/C18H34O3/c1-15(2)17(9-5-6-10-17)20-13-19-14-21-18(16(3)4)11-7-8-12-18/h15-16H,5-14H2,1-4H3. The average Bonchev–Trinajstić information content (AvgIpc) is 3.08. The Morgan fingerprint density at radius 1 is 0.667 bits per heavy atom. The second-order valence-corrected chi connectivity index (χ2v) is 7.58. The molecule has 124 valence electrons. The van der Waals surface area contributed by atoms with Crippen LogP contribution in [0.2, 0.25) is 0 Å². The van der Waals surface area contributed by atoms with Crippen molar-refractivity contribution < 1.29 is 14.2 Å². The van der Waals surface area contributed by atoms with E-state index in [1.807, 2.05) is 0 Å². The largest absolute Gasteiger partial charge is 0.349 e. The van der Waals surface area contributed by atoms with Gasteiger partial charge in [0.15, 0.2) is 0 Å². The lowest BCUT2D eigenvalue weighted by molar-refractivity contribution is -0.222. The third kappa shape index (κ3) is 4.00. The highest BCUT2D eigenvalue weighted by Crippen LogP contribution is 2.40. The Hall–Kier alpha value is -0.120. The van der Waals surface area contributed by atoms with Gasteiger partial charge in [0.1, 0.15) is 13.6 Å². The van der Waals surface area contributed by atoms with Crippen LogP contribution in [0.5, 0.6) is 0 Å². The fraction of sp³-hybridized carbons (Fsp3) is 1.00. The van der Waals surface area contributed by atoms with Crippen molar-refractivity contribution in [2.24, 2.45) is 11.8 Å². The van der Waals surface area contributed by atoms with E-state index in [1.54, 1.807) is 0 Å². The summed E-state index contributed by atoms with van der Waals surface area (Å²) in [5.74, 6) is 1.11. The lowest BCUT2D eigenvalue weighted by atomic mass is 9.88. The second kappa shape index (κ2) is 7.43. The van der Waals surface area contributed by atoms with Crippen LogP contribution in [0.15, 0.2) is 0 Å². The highest BCUT2D eigenvalue weighted by atomic mass is 16.7. The minimum absolute atomic E-state index is 0.0447. The first-order chi connectivity index (χ1) is 10.0. The van der Waals surface area contributed by atoms with Gasteiger partial charge in [-0.3, -0.25) is 0 Å². The number of hydrogen-bond donors (Lipinski definition) is 0. The van der Waals surface area contributed by atoms with Crippen LogP contribution in [-0.4, -0.2) is 24.8 Å². The van der Waals surface area contributed by atoms with E-state index in [0.717, 1.165) is 0 Å². The fourth-order valence-corrected chi connectivity index (χ4v) is 4.08. The van der Waals surface area contributed by atoms with E-state index in [-0.39, 0.29) is 11.2 Å². The maximum absolute atomic E-state index is 6.11. The zero-order chi connectivity index (χ0) is 15.3. The molecule has 2 saturated carbocycles. The van der Waals surface area contributed by atoms with Crippen LogP contribution in [0.25, 0.3) is 0 Å². The first-order valence-electron chi connectivity index (χ1n) is 8.86. The Balaban J connectivity index is 1.70. The molecular weight excluding hydrogens is 264 g/mol. The molecule has 0 spiro atoms. The van der Waals surface area contributed by atoms with E-state index in [2.05, 4.69) is 27.7 Å². The molecule has 0 saturated heterocycles. The average molecular weight is 298 g/mol. The van der Waals surface area contributed by atoms with E-state index in [9.17, 15) is 0 Å². The summed E-state index contributed by atoms with van der Waals surface area (Å²) in [7, 11) is 0. The molecule has 0 heterocycles. The summed E-state index contributed by atoms with van der Waals surface area (Å²) in [6.07, 6.45) is 9.82. The SMILES string of the molecule is CC(C)C1(OCOCOC2(C(C)C)CCCC2)CCCC1. The third-order valence-corrected chi connectivity index (χ3v) is 5.86. The van der Waals surface area contributed by atoms with Crippen molar-refractivity contribution in [3.05, 3.63) is 0 Å². The quantitative estimate of drug-likeness (QED) is 0.472. The minimum Gasteiger partial charge on any atom is -0.349 e. The fourth-order valence-electron chi connectivity index (χ4n) is 4.08. The minimum atomic E-state index is 0.0447. The van der Waals surface area contributed by atoms with Gasteiger partial charge in [0.05, 0.1) is 11.2 Å². The lowest BCUT2D eigenvalue weighted by Gasteiger charge is -2.35. The van der Waals surface area contributed by atoms with Crippen LogP contribution in [0.3, 0.4) is 0 Å². The van der Waals surface area contributed by atoms with E-state index < -0.39 is 0 Å². The van der Waals surface area contributed by atoms with Gasteiger partial charge in [-0.05, 0) is 37.5 Å². The molecule has 3 nitrogen and oxygen atoms in total. The molecule has 0 aliphatic heterocycles. The van der Waals surface area contributed by atoms with Crippen LogP contribution in [0.1, 0.15) is 79.1 Å². The van der Waals surface area contributed by atoms with Crippen LogP contribution in [-0.2, 0) is 14.2 Å². The Morgan fingerprint density at radius 3 is 1.29 bits per heavy atom. The van der Waals surface area contributed by atoms with Gasteiger partial charge in [-0.2, -0.15) is 0 Å². The summed E-state index contributed by atoms with van der Waals surface area (Å²) in [6, 6.07) is 0. The molecule has 0 radical (unpaired) electrons. The summed E-state index contributed by atoms with van der Waals surface area (Å²) in [4.78, 5) is 0. The van der Waals surface area contributed by atoms with Gasteiger partial charge < -0.3 is 14.2 Å². The van der Waals surface area contributed by atoms with E-state index >= 15 is 0 Å². The summed E-state index contributed by atoms with van der Waals surface area (Å²) in [6.45, 7) is 9.77. The lowest BCUT2D eigenvalue weighted by Crippen LogP contribution is -2.38. The molecule has 0 aromatic carbocycles. The molecule has 0 N–H and O–H groups in total. The Bertz CT molecular complexity index is 270. The first-order valence-corrected chi connectivity index (χ1v) is 8.86. The van der Waals surface area contributed by atoms with Crippen LogP contribution < -0.4 is 0 Å². The van der Waals surface area contributed by atoms with Crippen molar-refractivity contribution in [1.29, 1.82) is 0 Å². The molecule has 21 heavy (non-hydrogen) atoms. The molecule has 0 bridgehead atoms. The maximum Gasteiger partial charge on any atom is 0.150 e. The summed E-state index contributed by atoms with van der Waals surface area (Å²) >= 11 is 0. The van der Waals surface area contributed by atoms with Crippen LogP contribution in [0.4, 0.5) is 0 Å². The van der Waals surface area contributed by atoms with Gasteiger partial charge in [-0.15, -0.1) is 0 Å². The Kier molecular flexibility index (Phi) is 6.10. The number of ether oxygens (including phenoxy) is 3. The zero-order valence-corrected chi connectivity index (χ0v) is 14.5. The molecule has 3 heteroatoms. The smallest absolute Gasteiger partial charge is 0.150 e. The zero-order valence-electron chi connectivity index (χ0n) is 14.5. The molecular formula is C18H34O3. The van der Waals surface area contributed by atoms with E-state index in [1.165, 1.54) is 51.4 Å². The van der Waals surface area contributed by atoms with E-state index in [4.69, 9.17) is 14.2 Å².